The Labute approximate surface area is 128 Å². The van der Waals surface area contributed by atoms with Crippen LogP contribution >= 0.6 is 27.5 Å². The molecule has 4 heteroatoms. The molecule has 1 heterocycles. The molecule has 19 heavy (non-hydrogen) atoms. The quantitative estimate of drug-likeness (QED) is 0.756. The highest BCUT2D eigenvalue weighted by Gasteiger charge is 2.21. The molecule has 0 N–H and O–H groups in total. The van der Waals surface area contributed by atoms with Gasteiger partial charge in [-0.15, -0.1) is 0 Å². The van der Waals surface area contributed by atoms with E-state index >= 15 is 0 Å². The summed E-state index contributed by atoms with van der Waals surface area (Å²) in [6, 6.07) is 3.98. The van der Waals surface area contributed by atoms with Gasteiger partial charge in [0.25, 0.3) is 0 Å². The highest BCUT2D eigenvalue weighted by molar-refractivity contribution is 9.10. The van der Waals surface area contributed by atoms with Crippen LogP contribution in [0.5, 0.6) is 0 Å². The molecule has 0 radical (unpaired) electrons. The minimum Gasteiger partial charge on any atom is -0.358 e. The number of allylic oxidation sites excluding steroid dienone is 1. The first kappa shape index (κ1) is 14.9. The predicted octanol–water partition coefficient (Wildman–Crippen LogP) is 5.10. The standard InChI is InChI=1S/C15H19BrClNO/c1-3-6-11-13(9-8-12(17)15(11)16)18(2)14-7-4-5-10-19-14/h3,6,8-9,14H,4-5,7,10H2,1-2H3/b6-3-. The Hall–Kier alpha value is -0.510. The first-order valence-electron chi connectivity index (χ1n) is 6.60. The molecular formula is C15H19BrClNO. The summed E-state index contributed by atoms with van der Waals surface area (Å²) in [5, 5.41) is 0.731. The molecule has 0 spiro atoms. The lowest BCUT2D eigenvalue weighted by Crippen LogP contribution is -2.37. The Morgan fingerprint density at radius 2 is 2.21 bits per heavy atom. The van der Waals surface area contributed by atoms with Crippen LogP contribution < -0.4 is 4.90 Å². The summed E-state index contributed by atoms with van der Waals surface area (Å²) in [6.07, 6.45) is 7.72. The van der Waals surface area contributed by atoms with Gasteiger partial charge in [0.1, 0.15) is 6.23 Å². The van der Waals surface area contributed by atoms with Crippen molar-refractivity contribution < 1.29 is 4.74 Å². The van der Waals surface area contributed by atoms with E-state index in [1.165, 1.54) is 6.42 Å². The van der Waals surface area contributed by atoms with Gasteiger partial charge >= 0.3 is 0 Å². The summed E-state index contributed by atoms with van der Waals surface area (Å²) in [4.78, 5) is 2.20. The van der Waals surface area contributed by atoms with E-state index in [1.807, 2.05) is 19.1 Å². The van der Waals surface area contributed by atoms with E-state index in [2.05, 4.69) is 40.0 Å². The average Bonchev–Trinajstić information content (AvgIpc) is 2.44. The molecule has 0 aliphatic carbocycles. The largest absolute Gasteiger partial charge is 0.358 e. The van der Waals surface area contributed by atoms with Gasteiger partial charge in [0.15, 0.2) is 0 Å². The molecule has 104 valence electrons. The maximum absolute atomic E-state index is 6.18. The van der Waals surface area contributed by atoms with Crippen LogP contribution in [0.4, 0.5) is 5.69 Å². The molecule has 1 aliphatic heterocycles. The van der Waals surface area contributed by atoms with Crippen molar-refractivity contribution in [1.82, 2.24) is 0 Å². The molecule has 1 aliphatic rings. The molecule has 1 aromatic rings. The molecule has 0 bridgehead atoms. The van der Waals surface area contributed by atoms with Crippen LogP contribution in [0.1, 0.15) is 31.7 Å². The van der Waals surface area contributed by atoms with Gasteiger partial charge in [-0.05, 0) is 54.2 Å². The van der Waals surface area contributed by atoms with Gasteiger partial charge < -0.3 is 9.64 Å². The first-order chi connectivity index (χ1) is 9.15. The minimum absolute atomic E-state index is 0.158. The van der Waals surface area contributed by atoms with Crippen molar-refractivity contribution in [3.63, 3.8) is 0 Å². The summed E-state index contributed by atoms with van der Waals surface area (Å²) in [7, 11) is 2.08. The van der Waals surface area contributed by atoms with Crippen molar-refractivity contribution >= 4 is 39.3 Å². The molecule has 1 atom stereocenters. The predicted molar refractivity (Wildman–Crippen MR) is 85.9 cm³/mol. The zero-order valence-corrected chi connectivity index (χ0v) is 13.7. The summed E-state index contributed by atoms with van der Waals surface area (Å²) < 4.78 is 6.79. The maximum atomic E-state index is 6.18. The normalized spacial score (nSPS) is 19.9. The lowest BCUT2D eigenvalue weighted by molar-refractivity contribution is 0.0174. The summed E-state index contributed by atoms with van der Waals surface area (Å²) in [5.74, 6) is 0. The Morgan fingerprint density at radius 3 is 2.84 bits per heavy atom. The third kappa shape index (κ3) is 3.33. The smallest absolute Gasteiger partial charge is 0.129 e. The van der Waals surface area contributed by atoms with Crippen LogP contribution in [0.15, 0.2) is 22.7 Å². The highest BCUT2D eigenvalue weighted by atomic mass is 79.9. The van der Waals surface area contributed by atoms with Crippen LogP contribution in [-0.2, 0) is 4.74 Å². The lowest BCUT2D eigenvalue weighted by atomic mass is 10.1. The molecule has 0 saturated carbocycles. The number of nitrogens with zero attached hydrogens (tertiary/aromatic N) is 1. The fourth-order valence-electron chi connectivity index (χ4n) is 2.37. The topological polar surface area (TPSA) is 12.5 Å². The molecule has 1 saturated heterocycles. The third-order valence-corrected chi connectivity index (χ3v) is 4.81. The van der Waals surface area contributed by atoms with Gasteiger partial charge in [-0.2, -0.15) is 0 Å². The number of anilines is 1. The molecule has 2 nitrogen and oxygen atoms in total. The van der Waals surface area contributed by atoms with Crippen molar-refractivity contribution in [2.24, 2.45) is 0 Å². The van der Waals surface area contributed by atoms with Gasteiger partial charge in [-0.3, -0.25) is 0 Å². The molecule has 1 unspecified atom stereocenters. The van der Waals surface area contributed by atoms with Crippen molar-refractivity contribution in [3.05, 3.63) is 33.3 Å². The van der Waals surface area contributed by atoms with Crippen LogP contribution in [0.3, 0.4) is 0 Å². The Morgan fingerprint density at radius 1 is 1.42 bits per heavy atom. The summed E-state index contributed by atoms with van der Waals surface area (Å²) >= 11 is 9.76. The van der Waals surface area contributed by atoms with Crippen molar-refractivity contribution in [1.29, 1.82) is 0 Å². The van der Waals surface area contributed by atoms with Crippen LogP contribution in [0.25, 0.3) is 6.08 Å². The van der Waals surface area contributed by atoms with E-state index in [9.17, 15) is 0 Å². The van der Waals surface area contributed by atoms with E-state index in [0.29, 0.717) is 0 Å². The highest BCUT2D eigenvalue weighted by Crippen LogP contribution is 2.36. The zero-order valence-electron chi connectivity index (χ0n) is 11.3. The molecular weight excluding hydrogens is 326 g/mol. The van der Waals surface area contributed by atoms with Gasteiger partial charge in [-0.25, -0.2) is 0 Å². The molecule has 0 aromatic heterocycles. The monoisotopic (exact) mass is 343 g/mol. The average molecular weight is 345 g/mol. The molecule has 2 rings (SSSR count). The van der Waals surface area contributed by atoms with Gasteiger partial charge in [0.05, 0.1) is 5.02 Å². The van der Waals surface area contributed by atoms with E-state index in [-0.39, 0.29) is 6.23 Å². The number of ether oxygens (including phenoxy) is 1. The summed E-state index contributed by atoms with van der Waals surface area (Å²) in [6.45, 7) is 2.86. The fraction of sp³-hybridized carbons (Fsp3) is 0.467. The summed E-state index contributed by atoms with van der Waals surface area (Å²) in [5.41, 5.74) is 2.24. The van der Waals surface area contributed by atoms with Crippen LogP contribution in [0, 0.1) is 0 Å². The number of hydrogen-bond donors (Lipinski definition) is 0. The number of benzene rings is 1. The second-order valence-corrected chi connectivity index (χ2v) is 5.93. The van der Waals surface area contributed by atoms with Gasteiger partial charge in [0, 0.05) is 29.4 Å². The van der Waals surface area contributed by atoms with E-state index in [4.69, 9.17) is 16.3 Å². The van der Waals surface area contributed by atoms with Crippen molar-refractivity contribution in [3.8, 4) is 0 Å². The SMILES string of the molecule is C/C=C\c1c(N(C)C2CCCCO2)ccc(Cl)c1Br. The Bertz CT molecular complexity index is 469. The van der Waals surface area contributed by atoms with E-state index < -0.39 is 0 Å². The van der Waals surface area contributed by atoms with Gasteiger partial charge in [-0.1, -0.05) is 23.8 Å². The molecule has 1 fully saturated rings. The number of halogens is 2. The number of rotatable bonds is 3. The zero-order chi connectivity index (χ0) is 13.8. The number of hydrogen-bond acceptors (Lipinski definition) is 2. The Kier molecular flexibility index (Phi) is 5.31. The maximum Gasteiger partial charge on any atom is 0.129 e. The van der Waals surface area contributed by atoms with Gasteiger partial charge in [0.2, 0.25) is 0 Å². The van der Waals surface area contributed by atoms with Crippen LogP contribution in [-0.4, -0.2) is 19.9 Å². The van der Waals surface area contributed by atoms with E-state index in [0.717, 1.165) is 40.2 Å². The lowest BCUT2D eigenvalue weighted by Gasteiger charge is -2.34. The van der Waals surface area contributed by atoms with Crippen molar-refractivity contribution in [2.75, 3.05) is 18.6 Å². The molecule has 1 aromatic carbocycles. The first-order valence-corrected chi connectivity index (χ1v) is 7.77. The minimum atomic E-state index is 0.158. The molecule has 0 amide bonds. The fourth-order valence-corrected chi connectivity index (χ4v) is 3.01. The third-order valence-electron chi connectivity index (χ3n) is 3.41. The second-order valence-electron chi connectivity index (χ2n) is 4.73. The Balaban J connectivity index is 2.34. The van der Waals surface area contributed by atoms with Crippen molar-refractivity contribution in [2.45, 2.75) is 32.4 Å². The second kappa shape index (κ2) is 6.78. The van der Waals surface area contributed by atoms with E-state index in [1.54, 1.807) is 0 Å². The van der Waals surface area contributed by atoms with Crippen LogP contribution in [0.2, 0.25) is 5.02 Å².